The Labute approximate surface area is 173 Å². The number of imide groups is 1. The molecule has 3 rings (SSSR count). The van der Waals surface area contributed by atoms with E-state index < -0.39 is 0 Å². The van der Waals surface area contributed by atoms with E-state index in [0.29, 0.717) is 18.2 Å². The smallest absolute Gasteiger partial charge is 0.248 e. The number of amides is 3. The third-order valence-electron chi connectivity index (χ3n) is 4.34. The summed E-state index contributed by atoms with van der Waals surface area (Å²) in [6.07, 6.45) is 0.343. The lowest BCUT2D eigenvalue weighted by molar-refractivity contribution is -0.141. The number of anilines is 1. The molecular formula is C18H23ClN4O4S. The number of likely N-dealkylation sites (tertiary alicyclic amines) is 1. The minimum atomic E-state index is -0.313. The zero-order valence-corrected chi connectivity index (χ0v) is 17.6. The van der Waals surface area contributed by atoms with Crippen LogP contribution in [0, 0.1) is 0 Å². The molecule has 152 valence electrons. The number of fused-ring (bicyclic) bond motifs is 1. The fraction of sp³-hybridized carbons (Fsp3) is 0.444. The van der Waals surface area contributed by atoms with E-state index in [1.807, 2.05) is 37.2 Å². The summed E-state index contributed by atoms with van der Waals surface area (Å²) in [5.74, 6) is -0.187. The van der Waals surface area contributed by atoms with E-state index in [2.05, 4.69) is 4.98 Å². The summed E-state index contributed by atoms with van der Waals surface area (Å²) in [5, 5.41) is 0.546. The van der Waals surface area contributed by atoms with Crippen LogP contribution in [0.4, 0.5) is 5.13 Å². The second-order valence-corrected chi connectivity index (χ2v) is 7.56. The van der Waals surface area contributed by atoms with E-state index in [4.69, 9.17) is 4.74 Å². The van der Waals surface area contributed by atoms with Crippen LogP contribution < -0.4 is 9.64 Å². The van der Waals surface area contributed by atoms with E-state index in [0.717, 1.165) is 20.9 Å². The molecule has 3 amide bonds. The van der Waals surface area contributed by atoms with Crippen molar-refractivity contribution in [3.8, 4) is 5.75 Å². The van der Waals surface area contributed by atoms with Crippen molar-refractivity contribution < 1.29 is 19.1 Å². The first-order chi connectivity index (χ1) is 12.9. The molecule has 0 spiro atoms. The number of rotatable bonds is 7. The van der Waals surface area contributed by atoms with E-state index >= 15 is 0 Å². The molecule has 0 radical (unpaired) electrons. The third-order valence-corrected chi connectivity index (χ3v) is 5.38. The Morgan fingerprint density at radius 2 is 1.89 bits per heavy atom. The lowest BCUT2D eigenvalue weighted by Gasteiger charge is -2.24. The van der Waals surface area contributed by atoms with Gasteiger partial charge in [-0.1, -0.05) is 11.3 Å². The average Bonchev–Trinajstić information content (AvgIpc) is 3.19. The Kier molecular flexibility index (Phi) is 7.34. The molecule has 10 heteroatoms. The molecule has 1 aliphatic heterocycles. The summed E-state index contributed by atoms with van der Waals surface area (Å²) in [6.45, 7) is 0.802. The van der Waals surface area contributed by atoms with Crippen LogP contribution in [0.15, 0.2) is 18.2 Å². The van der Waals surface area contributed by atoms with Crippen molar-refractivity contribution in [3.05, 3.63) is 18.2 Å². The number of ether oxygens (including phenoxy) is 1. The van der Waals surface area contributed by atoms with Crippen molar-refractivity contribution in [2.24, 2.45) is 0 Å². The third kappa shape index (κ3) is 4.78. The van der Waals surface area contributed by atoms with Crippen molar-refractivity contribution in [1.29, 1.82) is 0 Å². The van der Waals surface area contributed by atoms with Crippen LogP contribution in [0.1, 0.15) is 12.8 Å². The highest BCUT2D eigenvalue weighted by atomic mass is 35.5. The van der Waals surface area contributed by atoms with Gasteiger partial charge in [0.05, 0.1) is 17.3 Å². The van der Waals surface area contributed by atoms with Crippen molar-refractivity contribution >= 4 is 56.8 Å². The standard InChI is InChI=1S/C18H22N4O4S.ClH/c1-20(2)8-9-21(17(25)11-22-15(23)6-7-16(22)24)18-19-13-5-4-12(26-3)10-14(13)27-18;/h4-5,10H,6-9,11H2,1-3H3;1H. The first-order valence-electron chi connectivity index (χ1n) is 8.62. The number of halogens is 1. The molecule has 0 aliphatic carbocycles. The fourth-order valence-corrected chi connectivity index (χ4v) is 3.82. The minimum absolute atomic E-state index is 0. The lowest BCUT2D eigenvalue weighted by atomic mass is 10.3. The van der Waals surface area contributed by atoms with Crippen molar-refractivity contribution in [2.75, 3.05) is 45.7 Å². The molecule has 1 aromatic heterocycles. The van der Waals surface area contributed by atoms with Crippen LogP contribution in [-0.2, 0) is 14.4 Å². The van der Waals surface area contributed by atoms with E-state index in [1.54, 1.807) is 12.0 Å². The average molecular weight is 427 g/mol. The highest BCUT2D eigenvalue weighted by Crippen LogP contribution is 2.31. The van der Waals surface area contributed by atoms with Gasteiger partial charge in [-0.3, -0.25) is 24.2 Å². The molecule has 1 fully saturated rings. The van der Waals surface area contributed by atoms with Gasteiger partial charge < -0.3 is 9.64 Å². The summed E-state index contributed by atoms with van der Waals surface area (Å²) in [6, 6.07) is 5.54. The van der Waals surface area contributed by atoms with Gasteiger partial charge in [-0.15, -0.1) is 12.4 Å². The van der Waals surface area contributed by atoms with Crippen molar-refractivity contribution in [1.82, 2.24) is 14.8 Å². The first kappa shape index (κ1) is 22.1. The van der Waals surface area contributed by atoms with E-state index in [1.165, 1.54) is 11.3 Å². The van der Waals surface area contributed by atoms with Crippen molar-refractivity contribution in [2.45, 2.75) is 12.8 Å². The predicted molar refractivity (Wildman–Crippen MR) is 110 cm³/mol. The zero-order valence-electron chi connectivity index (χ0n) is 16.0. The van der Waals surface area contributed by atoms with Gasteiger partial charge in [-0.25, -0.2) is 4.98 Å². The van der Waals surface area contributed by atoms with Gasteiger partial charge in [-0.2, -0.15) is 0 Å². The van der Waals surface area contributed by atoms with Gasteiger partial charge in [0.15, 0.2) is 5.13 Å². The van der Waals surface area contributed by atoms with E-state index in [-0.39, 0.29) is 49.5 Å². The first-order valence-corrected chi connectivity index (χ1v) is 9.43. The molecular weight excluding hydrogens is 404 g/mol. The fourth-order valence-electron chi connectivity index (χ4n) is 2.78. The molecule has 0 saturated carbocycles. The monoisotopic (exact) mass is 426 g/mol. The molecule has 8 nitrogen and oxygen atoms in total. The molecule has 1 aromatic carbocycles. The van der Waals surface area contributed by atoms with Crippen LogP contribution in [0.25, 0.3) is 10.2 Å². The quantitative estimate of drug-likeness (QED) is 0.627. The highest BCUT2D eigenvalue weighted by molar-refractivity contribution is 7.22. The number of aromatic nitrogens is 1. The predicted octanol–water partition coefficient (Wildman–Crippen LogP) is 1.77. The SMILES string of the molecule is COc1ccc2nc(N(CCN(C)C)C(=O)CN3C(=O)CCC3=O)sc2c1.Cl. The Bertz CT molecular complexity index is 870. The summed E-state index contributed by atoms with van der Waals surface area (Å²) >= 11 is 1.38. The maximum Gasteiger partial charge on any atom is 0.248 e. The van der Waals surface area contributed by atoms with Crippen LogP contribution in [0.3, 0.4) is 0 Å². The maximum atomic E-state index is 12.9. The van der Waals surface area contributed by atoms with Crippen LogP contribution in [0.5, 0.6) is 5.75 Å². The van der Waals surface area contributed by atoms with Crippen LogP contribution in [-0.4, -0.2) is 73.3 Å². The second kappa shape index (κ2) is 9.31. The maximum absolute atomic E-state index is 12.9. The summed E-state index contributed by atoms with van der Waals surface area (Å²) in [5.41, 5.74) is 0.770. The van der Waals surface area contributed by atoms with E-state index in [9.17, 15) is 14.4 Å². The van der Waals surface area contributed by atoms with Crippen molar-refractivity contribution in [3.63, 3.8) is 0 Å². The second-order valence-electron chi connectivity index (χ2n) is 6.55. The number of hydrogen-bond acceptors (Lipinski definition) is 7. The Morgan fingerprint density at radius 1 is 1.21 bits per heavy atom. The molecule has 1 aliphatic rings. The molecule has 0 bridgehead atoms. The topological polar surface area (TPSA) is 83.1 Å². The molecule has 1 saturated heterocycles. The zero-order chi connectivity index (χ0) is 19.6. The number of benzene rings is 1. The minimum Gasteiger partial charge on any atom is -0.497 e. The highest BCUT2D eigenvalue weighted by Gasteiger charge is 2.32. The number of carbonyl (C=O) groups is 3. The molecule has 0 unspecified atom stereocenters. The van der Waals surface area contributed by atoms with Gasteiger partial charge in [-0.05, 0) is 32.3 Å². The Morgan fingerprint density at radius 3 is 2.50 bits per heavy atom. The molecule has 2 heterocycles. The molecule has 2 aromatic rings. The largest absolute Gasteiger partial charge is 0.497 e. The number of hydrogen-bond donors (Lipinski definition) is 0. The Hall–Kier alpha value is -2.23. The number of thiazole rings is 1. The van der Waals surface area contributed by atoms with Gasteiger partial charge >= 0.3 is 0 Å². The van der Waals surface area contributed by atoms with Gasteiger partial charge in [0.25, 0.3) is 0 Å². The van der Waals surface area contributed by atoms with Gasteiger partial charge in [0, 0.05) is 25.9 Å². The molecule has 0 N–H and O–H groups in total. The summed E-state index contributed by atoms with van der Waals surface area (Å²) < 4.78 is 6.14. The van der Waals surface area contributed by atoms with Gasteiger partial charge in [0.2, 0.25) is 17.7 Å². The molecule has 28 heavy (non-hydrogen) atoms. The summed E-state index contributed by atoms with van der Waals surface area (Å²) in [4.78, 5) is 45.7. The normalized spacial score (nSPS) is 13.9. The molecule has 0 atom stereocenters. The number of likely N-dealkylation sites (N-methyl/N-ethyl adjacent to an activating group) is 1. The van der Waals surface area contributed by atoms with Crippen LogP contribution in [0.2, 0.25) is 0 Å². The number of carbonyl (C=O) groups excluding carboxylic acids is 3. The van der Waals surface area contributed by atoms with Crippen LogP contribution >= 0.6 is 23.7 Å². The van der Waals surface area contributed by atoms with Gasteiger partial charge in [0.1, 0.15) is 12.3 Å². The summed E-state index contributed by atoms with van der Waals surface area (Å²) in [7, 11) is 5.43. The number of nitrogens with zero attached hydrogens (tertiary/aromatic N) is 4. The Balaban J connectivity index is 0.00000280. The number of methoxy groups -OCH3 is 1. The lowest BCUT2D eigenvalue weighted by Crippen LogP contribution is -2.44.